The molecule has 5 heteroatoms. The minimum atomic E-state index is -0.923. The highest BCUT2D eigenvalue weighted by Crippen LogP contribution is 2.17. The van der Waals surface area contributed by atoms with Crippen molar-refractivity contribution in [2.24, 2.45) is 5.41 Å². The third-order valence-corrected chi connectivity index (χ3v) is 3.42. The Morgan fingerprint density at radius 3 is 1.80 bits per heavy atom. The fourth-order valence-corrected chi connectivity index (χ4v) is 1.99. The molecule has 0 N–H and O–H groups in total. The van der Waals surface area contributed by atoms with Crippen molar-refractivity contribution in [3.63, 3.8) is 0 Å². The van der Waals surface area contributed by atoms with Gasteiger partial charge in [-0.15, -0.1) is 0 Å². The van der Waals surface area contributed by atoms with Gasteiger partial charge in [-0.05, 0) is 12.1 Å². The number of carbonyl (C=O) groups excluding carboxylic acids is 3. The molecule has 0 bridgehead atoms. The number of Topliss-reactive ketones (excluding diaryl/α,β-unsaturated/α-hetero) is 1. The van der Waals surface area contributed by atoms with Gasteiger partial charge in [0.05, 0.1) is 12.2 Å². The van der Waals surface area contributed by atoms with Crippen LogP contribution in [0.15, 0.2) is 60.7 Å². The Kier molecular flexibility index (Phi) is 6.06. The standard InChI is InChI=1S/C20H20O5/c1-20(2,13-24-18(22)16-11-7-4-8-12-16)14-25-19(23)17(21)15-9-5-3-6-10-15/h3-12H,13-14H2,1-2H3. The Morgan fingerprint density at radius 1 is 0.760 bits per heavy atom. The van der Waals surface area contributed by atoms with E-state index in [1.165, 1.54) is 0 Å². The summed E-state index contributed by atoms with van der Waals surface area (Å²) in [6.07, 6.45) is 0. The van der Waals surface area contributed by atoms with Crippen LogP contribution < -0.4 is 0 Å². The van der Waals surface area contributed by atoms with E-state index in [1.807, 2.05) is 6.07 Å². The quantitative estimate of drug-likeness (QED) is 0.439. The molecule has 0 fully saturated rings. The van der Waals surface area contributed by atoms with Crippen molar-refractivity contribution < 1.29 is 23.9 Å². The zero-order valence-electron chi connectivity index (χ0n) is 14.2. The van der Waals surface area contributed by atoms with E-state index in [0.29, 0.717) is 5.56 Å². The summed E-state index contributed by atoms with van der Waals surface area (Å²) in [6.45, 7) is 3.59. The lowest BCUT2D eigenvalue weighted by Gasteiger charge is -2.23. The number of ether oxygens (including phenoxy) is 2. The fourth-order valence-electron chi connectivity index (χ4n) is 1.99. The average Bonchev–Trinajstić information content (AvgIpc) is 2.65. The summed E-state index contributed by atoms with van der Waals surface area (Å²) >= 11 is 0. The number of rotatable bonds is 7. The zero-order chi connectivity index (χ0) is 18.3. The van der Waals surface area contributed by atoms with E-state index in [1.54, 1.807) is 68.4 Å². The maximum Gasteiger partial charge on any atom is 0.379 e. The van der Waals surface area contributed by atoms with Gasteiger partial charge in [-0.1, -0.05) is 62.4 Å². The predicted molar refractivity (Wildman–Crippen MR) is 92.2 cm³/mol. The highest BCUT2D eigenvalue weighted by atomic mass is 16.6. The van der Waals surface area contributed by atoms with Crippen LogP contribution in [-0.2, 0) is 14.3 Å². The Morgan fingerprint density at radius 2 is 1.24 bits per heavy atom. The maximum atomic E-state index is 12.0. The van der Waals surface area contributed by atoms with Crippen LogP contribution in [0.1, 0.15) is 34.6 Å². The second-order valence-electron chi connectivity index (χ2n) is 6.38. The molecule has 25 heavy (non-hydrogen) atoms. The van der Waals surface area contributed by atoms with E-state index in [4.69, 9.17) is 9.47 Å². The van der Waals surface area contributed by atoms with Gasteiger partial charge in [0, 0.05) is 11.0 Å². The van der Waals surface area contributed by atoms with Crippen LogP contribution >= 0.6 is 0 Å². The van der Waals surface area contributed by atoms with E-state index < -0.39 is 23.1 Å². The van der Waals surface area contributed by atoms with Crippen LogP contribution in [0, 0.1) is 5.41 Å². The van der Waals surface area contributed by atoms with Gasteiger partial charge in [0.15, 0.2) is 0 Å². The number of hydrogen-bond acceptors (Lipinski definition) is 5. The van der Waals surface area contributed by atoms with E-state index in [2.05, 4.69) is 0 Å². The van der Waals surface area contributed by atoms with Gasteiger partial charge >= 0.3 is 11.9 Å². The highest BCUT2D eigenvalue weighted by Gasteiger charge is 2.25. The lowest BCUT2D eigenvalue weighted by atomic mass is 9.96. The first-order chi connectivity index (χ1) is 11.9. The first-order valence-electron chi connectivity index (χ1n) is 7.88. The SMILES string of the molecule is CC(C)(COC(=O)C(=O)c1ccccc1)COC(=O)c1ccccc1. The fraction of sp³-hybridized carbons (Fsp3) is 0.250. The monoisotopic (exact) mass is 340 g/mol. The summed E-state index contributed by atoms with van der Waals surface area (Å²) in [7, 11) is 0. The summed E-state index contributed by atoms with van der Waals surface area (Å²) in [5, 5.41) is 0. The molecular formula is C20H20O5. The molecule has 2 rings (SSSR count). The molecule has 0 aliphatic carbocycles. The van der Waals surface area contributed by atoms with Crippen molar-refractivity contribution in [1.82, 2.24) is 0 Å². The Bertz CT molecular complexity index is 735. The van der Waals surface area contributed by atoms with Gasteiger partial charge in [0.25, 0.3) is 5.78 Å². The summed E-state index contributed by atoms with van der Waals surface area (Å²) in [5.41, 5.74) is 0.118. The van der Waals surface area contributed by atoms with Crippen molar-refractivity contribution in [3.8, 4) is 0 Å². The minimum Gasteiger partial charge on any atom is -0.461 e. The van der Waals surface area contributed by atoms with E-state index >= 15 is 0 Å². The molecule has 2 aromatic carbocycles. The number of ketones is 1. The van der Waals surface area contributed by atoms with Crippen LogP contribution in [0.25, 0.3) is 0 Å². The highest BCUT2D eigenvalue weighted by molar-refractivity contribution is 6.40. The van der Waals surface area contributed by atoms with Crippen molar-refractivity contribution in [3.05, 3.63) is 71.8 Å². The molecule has 0 heterocycles. The van der Waals surface area contributed by atoms with Crippen LogP contribution in [0.2, 0.25) is 0 Å². The predicted octanol–water partition coefficient (Wildman–Crippen LogP) is 3.30. The number of benzene rings is 2. The third kappa shape index (κ3) is 5.57. The molecule has 0 aliphatic heterocycles. The second kappa shape index (κ2) is 8.24. The van der Waals surface area contributed by atoms with Gasteiger partial charge in [-0.2, -0.15) is 0 Å². The van der Waals surface area contributed by atoms with Crippen molar-refractivity contribution in [2.75, 3.05) is 13.2 Å². The lowest BCUT2D eigenvalue weighted by Crippen LogP contribution is -2.30. The smallest absolute Gasteiger partial charge is 0.379 e. The van der Waals surface area contributed by atoms with Crippen molar-refractivity contribution in [2.45, 2.75) is 13.8 Å². The molecule has 0 amide bonds. The zero-order valence-corrected chi connectivity index (χ0v) is 14.2. The first-order valence-corrected chi connectivity index (χ1v) is 7.88. The van der Waals surface area contributed by atoms with Gasteiger partial charge < -0.3 is 9.47 Å². The summed E-state index contributed by atoms with van der Waals surface area (Å²) in [5.74, 6) is -2.06. The largest absolute Gasteiger partial charge is 0.461 e. The Hall–Kier alpha value is -2.95. The van der Waals surface area contributed by atoms with Gasteiger partial charge in [0.1, 0.15) is 6.61 Å². The molecule has 5 nitrogen and oxygen atoms in total. The Labute approximate surface area is 146 Å². The lowest BCUT2D eigenvalue weighted by molar-refractivity contribution is -0.141. The molecule has 2 aromatic rings. The topological polar surface area (TPSA) is 69.7 Å². The molecule has 0 spiro atoms. The van der Waals surface area contributed by atoms with E-state index in [9.17, 15) is 14.4 Å². The van der Waals surface area contributed by atoms with Crippen LogP contribution in [0.4, 0.5) is 0 Å². The van der Waals surface area contributed by atoms with Crippen molar-refractivity contribution >= 4 is 17.7 Å². The summed E-state index contributed by atoms with van der Waals surface area (Å²) in [4.78, 5) is 35.8. The molecule has 0 unspecified atom stereocenters. The van der Waals surface area contributed by atoms with E-state index in [0.717, 1.165) is 0 Å². The number of esters is 2. The number of carbonyl (C=O) groups is 3. The Balaban J connectivity index is 1.83. The van der Waals surface area contributed by atoms with Crippen molar-refractivity contribution in [1.29, 1.82) is 0 Å². The normalized spacial score (nSPS) is 10.8. The van der Waals surface area contributed by atoms with Gasteiger partial charge in [0.2, 0.25) is 0 Å². The number of hydrogen-bond donors (Lipinski definition) is 0. The third-order valence-electron chi connectivity index (χ3n) is 3.42. The van der Waals surface area contributed by atoms with Gasteiger partial charge in [-0.3, -0.25) is 4.79 Å². The second-order valence-corrected chi connectivity index (χ2v) is 6.38. The molecule has 0 aromatic heterocycles. The average molecular weight is 340 g/mol. The van der Waals surface area contributed by atoms with Crippen LogP contribution in [0.5, 0.6) is 0 Å². The minimum absolute atomic E-state index is 0.0352. The maximum absolute atomic E-state index is 12.0. The summed E-state index contributed by atoms with van der Waals surface area (Å²) < 4.78 is 10.3. The molecule has 0 radical (unpaired) electrons. The molecular weight excluding hydrogens is 320 g/mol. The first kappa shape index (κ1) is 18.4. The van der Waals surface area contributed by atoms with E-state index in [-0.39, 0.29) is 18.8 Å². The van der Waals surface area contributed by atoms with Gasteiger partial charge in [-0.25, -0.2) is 9.59 Å². The molecule has 130 valence electrons. The summed E-state index contributed by atoms with van der Waals surface area (Å²) in [6, 6.07) is 16.8. The molecule has 0 saturated heterocycles. The van der Waals surface area contributed by atoms with Crippen LogP contribution in [0.3, 0.4) is 0 Å². The van der Waals surface area contributed by atoms with Crippen LogP contribution in [-0.4, -0.2) is 30.9 Å². The molecule has 0 aliphatic rings. The molecule has 0 atom stereocenters. The molecule has 0 saturated carbocycles.